The minimum Gasteiger partial charge on any atom is -0.480 e. The molecule has 0 bridgehead atoms. The van der Waals surface area contributed by atoms with Gasteiger partial charge < -0.3 is 10.4 Å². The fourth-order valence-corrected chi connectivity index (χ4v) is 2.70. The third kappa shape index (κ3) is 20.3. The molecule has 0 aliphatic heterocycles. The average molecular weight is 378 g/mol. The maximum Gasteiger partial charge on any atom is 0.322 e. The van der Waals surface area contributed by atoms with Gasteiger partial charge in [0.1, 0.15) is 6.54 Å². The van der Waals surface area contributed by atoms with Gasteiger partial charge in [0.2, 0.25) is 5.91 Å². The smallest absolute Gasteiger partial charge is 0.322 e. The number of rotatable bonds is 13. The lowest BCUT2D eigenvalue weighted by molar-refractivity contribution is -0.137. The lowest BCUT2D eigenvalue weighted by atomic mass is 10.0. The molecule has 0 heterocycles. The van der Waals surface area contributed by atoms with Crippen molar-refractivity contribution in [2.75, 3.05) is 6.54 Å². The molecule has 0 fully saturated rings. The van der Waals surface area contributed by atoms with E-state index in [1.807, 2.05) is 18.2 Å². The summed E-state index contributed by atoms with van der Waals surface area (Å²) in [5.74, 6) is -0.320. The van der Waals surface area contributed by atoms with Crippen LogP contribution < -0.4 is 5.32 Å². The number of carbonyl (C=O) groups excluding carboxylic acids is 1. The highest BCUT2D eigenvalue weighted by molar-refractivity contribution is 5.80. The van der Waals surface area contributed by atoms with Gasteiger partial charge in [-0.3, -0.25) is 9.59 Å². The van der Waals surface area contributed by atoms with Crippen LogP contribution in [0.1, 0.15) is 83.6 Å². The van der Waals surface area contributed by atoms with Gasteiger partial charge in [0.25, 0.3) is 0 Å². The fraction of sp³-hybridized carbons (Fsp3) is 0.652. The number of nitrogens with one attached hydrogen (secondary N) is 1. The van der Waals surface area contributed by atoms with E-state index in [2.05, 4.69) is 38.2 Å². The van der Waals surface area contributed by atoms with Crippen LogP contribution in [0.15, 0.2) is 30.3 Å². The summed E-state index contributed by atoms with van der Waals surface area (Å²) < 4.78 is 0. The summed E-state index contributed by atoms with van der Waals surface area (Å²) in [5, 5.41) is 10.8. The third-order valence-electron chi connectivity index (χ3n) is 4.31. The number of carboxylic acids is 1. The van der Waals surface area contributed by atoms with E-state index in [0.29, 0.717) is 6.42 Å². The molecule has 27 heavy (non-hydrogen) atoms. The normalized spacial score (nSPS) is 10.2. The molecule has 0 aromatic heterocycles. The van der Waals surface area contributed by atoms with Crippen LogP contribution in [-0.4, -0.2) is 23.5 Å². The van der Waals surface area contributed by atoms with Crippen molar-refractivity contribution in [3.63, 3.8) is 0 Å². The number of carbonyl (C=O) groups is 2. The van der Waals surface area contributed by atoms with Crippen LogP contribution in [-0.2, 0) is 9.59 Å². The first-order valence-electron chi connectivity index (χ1n) is 10.4. The van der Waals surface area contributed by atoms with Gasteiger partial charge in [0.05, 0.1) is 0 Å². The molecule has 0 aliphatic rings. The van der Waals surface area contributed by atoms with E-state index in [4.69, 9.17) is 5.11 Å². The van der Waals surface area contributed by atoms with E-state index in [1.54, 1.807) is 0 Å². The summed E-state index contributed by atoms with van der Waals surface area (Å²) in [6, 6.07) is 10.3. The largest absolute Gasteiger partial charge is 0.480 e. The zero-order valence-corrected chi connectivity index (χ0v) is 17.5. The maximum absolute atomic E-state index is 11.2. The summed E-state index contributed by atoms with van der Waals surface area (Å²) in [6.45, 7) is 6.36. The summed E-state index contributed by atoms with van der Waals surface area (Å²) in [5.41, 5.74) is 1.32. The first-order chi connectivity index (χ1) is 12.9. The summed E-state index contributed by atoms with van der Waals surface area (Å²) in [6.07, 6.45) is 11.4. The Morgan fingerprint density at radius 3 is 1.85 bits per heavy atom. The summed E-state index contributed by atoms with van der Waals surface area (Å²) in [7, 11) is 0. The van der Waals surface area contributed by atoms with E-state index < -0.39 is 5.97 Å². The molecule has 0 saturated carbocycles. The van der Waals surface area contributed by atoms with E-state index in [1.165, 1.54) is 50.5 Å². The van der Waals surface area contributed by atoms with E-state index in [0.717, 1.165) is 18.8 Å². The lowest BCUT2D eigenvalue weighted by Gasteiger charge is -2.05. The van der Waals surface area contributed by atoms with Gasteiger partial charge in [0, 0.05) is 6.42 Å². The molecule has 1 amide bonds. The minimum atomic E-state index is -0.990. The minimum absolute atomic E-state index is 0.152. The Hall–Kier alpha value is -1.84. The SMILES string of the molecule is CC(C)CCCCCCCCCCC(=O)NCC(=O)O.Cc1ccccc1. The van der Waals surface area contributed by atoms with Gasteiger partial charge in [-0.1, -0.05) is 101 Å². The van der Waals surface area contributed by atoms with E-state index >= 15 is 0 Å². The highest BCUT2D eigenvalue weighted by Gasteiger charge is 2.03. The van der Waals surface area contributed by atoms with Crippen LogP contribution in [0.4, 0.5) is 0 Å². The Balaban J connectivity index is 0.000000797. The molecule has 2 N–H and O–H groups in total. The quantitative estimate of drug-likeness (QED) is 0.431. The zero-order chi connectivity index (χ0) is 20.3. The molecule has 0 unspecified atom stereocenters. The van der Waals surface area contributed by atoms with Crippen molar-refractivity contribution in [2.24, 2.45) is 5.92 Å². The number of hydrogen-bond acceptors (Lipinski definition) is 2. The van der Waals surface area contributed by atoms with Crippen LogP contribution in [0, 0.1) is 12.8 Å². The molecule has 154 valence electrons. The van der Waals surface area contributed by atoms with Crippen molar-refractivity contribution in [1.29, 1.82) is 0 Å². The number of amides is 1. The Morgan fingerprint density at radius 2 is 1.41 bits per heavy atom. The Labute approximate surface area is 165 Å². The molecule has 0 spiro atoms. The van der Waals surface area contributed by atoms with Crippen molar-refractivity contribution < 1.29 is 14.7 Å². The van der Waals surface area contributed by atoms with E-state index in [9.17, 15) is 9.59 Å². The number of hydrogen-bond donors (Lipinski definition) is 2. The van der Waals surface area contributed by atoms with Crippen LogP contribution in [0.25, 0.3) is 0 Å². The molecule has 4 nitrogen and oxygen atoms in total. The van der Waals surface area contributed by atoms with Crippen LogP contribution in [0.3, 0.4) is 0 Å². The standard InChI is InChI=1S/C16H31NO3.C7H8/c1-14(2)11-9-7-5-3-4-6-8-10-12-15(18)17-13-16(19)20;1-7-5-3-2-4-6-7/h14H,3-13H2,1-2H3,(H,17,18)(H,19,20);2-6H,1H3. The van der Waals surface area contributed by atoms with Crippen molar-refractivity contribution in [3.05, 3.63) is 35.9 Å². The second-order valence-electron chi connectivity index (χ2n) is 7.59. The highest BCUT2D eigenvalue weighted by atomic mass is 16.4. The summed E-state index contributed by atoms with van der Waals surface area (Å²) in [4.78, 5) is 21.5. The Kier molecular flexibility index (Phi) is 16.4. The van der Waals surface area contributed by atoms with Crippen LogP contribution in [0.2, 0.25) is 0 Å². The Bertz CT molecular complexity index is 486. The van der Waals surface area contributed by atoms with Gasteiger partial charge in [-0.2, -0.15) is 0 Å². The summed E-state index contributed by atoms with van der Waals surface area (Å²) >= 11 is 0. The number of aliphatic carboxylic acids is 1. The molecule has 1 aromatic rings. The van der Waals surface area contributed by atoms with Crippen LogP contribution in [0.5, 0.6) is 0 Å². The van der Waals surface area contributed by atoms with Gasteiger partial charge in [-0.25, -0.2) is 0 Å². The first-order valence-corrected chi connectivity index (χ1v) is 10.4. The van der Waals surface area contributed by atoms with Gasteiger partial charge >= 0.3 is 5.97 Å². The maximum atomic E-state index is 11.2. The highest BCUT2D eigenvalue weighted by Crippen LogP contribution is 2.12. The van der Waals surface area contributed by atoms with Gasteiger partial charge in [-0.15, -0.1) is 0 Å². The number of aryl methyl sites for hydroxylation is 1. The topological polar surface area (TPSA) is 66.4 Å². The molecule has 0 saturated heterocycles. The Morgan fingerprint density at radius 1 is 0.889 bits per heavy atom. The predicted molar refractivity (Wildman–Crippen MR) is 113 cm³/mol. The lowest BCUT2D eigenvalue weighted by Crippen LogP contribution is -2.28. The monoisotopic (exact) mass is 377 g/mol. The fourth-order valence-electron chi connectivity index (χ4n) is 2.70. The van der Waals surface area contributed by atoms with Gasteiger partial charge in [-0.05, 0) is 19.3 Å². The van der Waals surface area contributed by atoms with Crippen molar-refractivity contribution >= 4 is 11.9 Å². The van der Waals surface area contributed by atoms with Crippen molar-refractivity contribution in [1.82, 2.24) is 5.32 Å². The third-order valence-corrected chi connectivity index (χ3v) is 4.31. The average Bonchev–Trinajstić information content (AvgIpc) is 2.62. The molecular weight excluding hydrogens is 338 g/mol. The number of benzene rings is 1. The van der Waals surface area contributed by atoms with Crippen molar-refractivity contribution in [3.8, 4) is 0 Å². The molecule has 1 aromatic carbocycles. The second kappa shape index (κ2) is 17.6. The van der Waals surface area contributed by atoms with Crippen LogP contribution >= 0.6 is 0 Å². The van der Waals surface area contributed by atoms with Crippen molar-refractivity contribution in [2.45, 2.75) is 85.0 Å². The number of unbranched alkanes of at least 4 members (excludes halogenated alkanes) is 7. The predicted octanol–water partition coefficient (Wildman–Crippen LogP) is 5.74. The van der Waals surface area contributed by atoms with E-state index in [-0.39, 0.29) is 12.5 Å². The first kappa shape index (κ1) is 25.2. The number of carboxylic acid groups (broad SMARTS) is 1. The zero-order valence-electron chi connectivity index (χ0n) is 17.5. The molecule has 0 radical (unpaired) electrons. The van der Waals surface area contributed by atoms with Gasteiger partial charge in [0.15, 0.2) is 0 Å². The molecule has 0 atom stereocenters. The second-order valence-corrected chi connectivity index (χ2v) is 7.59. The molecule has 4 heteroatoms. The molecule has 1 rings (SSSR count). The molecular formula is C23H39NO3. The molecule has 0 aliphatic carbocycles.